The van der Waals surface area contributed by atoms with Crippen molar-refractivity contribution in [2.24, 2.45) is 4.99 Å². The molecule has 0 saturated heterocycles. The van der Waals surface area contributed by atoms with Crippen molar-refractivity contribution in [3.05, 3.63) is 18.2 Å². The van der Waals surface area contributed by atoms with Gasteiger partial charge in [0.05, 0.1) is 5.69 Å². The van der Waals surface area contributed by atoms with E-state index < -0.39 is 12.7 Å². The highest BCUT2D eigenvalue weighted by molar-refractivity contribution is 8.14. The first kappa shape index (κ1) is 12.7. The maximum Gasteiger partial charge on any atom is 0.405 e. The van der Waals surface area contributed by atoms with Gasteiger partial charge in [-0.3, -0.25) is 4.99 Å². The molecule has 0 amide bonds. The number of aliphatic imine (C=N–C) groups is 1. The second-order valence-electron chi connectivity index (χ2n) is 4.42. The molecule has 0 unspecified atom stereocenters. The second kappa shape index (κ2) is 4.63. The topological polar surface area (TPSA) is 27.6 Å². The van der Waals surface area contributed by atoms with Gasteiger partial charge in [-0.15, -0.1) is 0 Å². The molecular formula is C12H12F3N3S. The van der Waals surface area contributed by atoms with Gasteiger partial charge in [0, 0.05) is 23.7 Å². The Bertz CT molecular complexity index is 527. The van der Waals surface area contributed by atoms with Crippen LogP contribution in [0.1, 0.15) is 6.42 Å². The SMILES string of the molecule is FC(F)(F)CNc1ccc2c(c1)N1CCCN=C1S2. The second-order valence-corrected chi connectivity index (χ2v) is 5.43. The van der Waals surface area contributed by atoms with E-state index in [0.29, 0.717) is 5.69 Å². The van der Waals surface area contributed by atoms with Gasteiger partial charge >= 0.3 is 6.18 Å². The Morgan fingerprint density at radius 3 is 3.00 bits per heavy atom. The number of nitrogens with one attached hydrogen (secondary N) is 1. The molecule has 0 saturated carbocycles. The molecule has 1 N–H and O–H groups in total. The molecule has 2 aliphatic heterocycles. The van der Waals surface area contributed by atoms with E-state index in [2.05, 4.69) is 15.2 Å². The van der Waals surface area contributed by atoms with Crippen LogP contribution in [-0.4, -0.2) is 31.0 Å². The van der Waals surface area contributed by atoms with Crippen LogP contribution in [0.15, 0.2) is 28.1 Å². The number of alkyl halides is 3. The van der Waals surface area contributed by atoms with Crippen molar-refractivity contribution < 1.29 is 13.2 Å². The fourth-order valence-corrected chi connectivity index (χ4v) is 3.18. The molecule has 2 aliphatic rings. The molecule has 102 valence electrons. The molecule has 0 atom stereocenters. The molecule has 19 heavy (non-hydrogen) atoms. The van der Waals surface area contributed by atoms with Crippen LogP contribution in [0.4, 0.5) is 24.5 Å². The number of hydrogen-bond acceptors (Lipinski definition) is 4. The van der Waals surface area contributed by atoms with Crippen LogP contribution in [0, 0.1) is 0 Å². The summed E-state index contributed by atoms with van der Waals surface area (Å²) >= 11 is 1.58. The minimum Gasteiger partial charge on any atom is -0.376 e. The summed E-state index contributed by atoms with van der Waals surface area (Å²) in [6, 6.07) is 5.29. The van der Waals surface area contributed by atoms with Crippen molar-refractivity contribution in [1.82, 2.24) is 0 Å². The number of rotatable bonds is 2. The van der Waals surface area contributed by atoms with E-state index in [9.17, 15) is 13.2 Å². The molecule has 1 aromatic rings. The molecule has 0 aliphatic carbocycles. The van der Waals surface area contributed by atoms with Crippen molar-refractivity contribution in [1.29, 1.82) is 0 Å². The van der Waals surface area contributed by atoms with Crippen molar-refractivity contribution in [3.8, 4) is 0 Å². The van der Waals surface area contributed by atoms with Crippen LogP contribution in [0.25, 0.3) is 0 Å². The Kier molecular flexibility index (Phi) is 3.08. The average Bonchev–Trinajstić information content (AvgIpc) is 2.73. The average molecular weight is 287 g/mol. The largest absolute Gasteiger partial charge is 0.405 e. The van der Waals surface area contributed by atoms with Gasteiger partial charge in [0.25, 0.3) is 0 Å². The zero-order chi connectivity index (χ0) is 13.5. The fraction of sp³-hybridized carbons (Fsp3) is 0.417. The number of hydrogen-bond donors (Lipinski definition) is 1. The number of nitrogens with zero attached hydrogens (tertiary/aromatic N) is 2. The first-order valence-corrected chi connectivity index (χ1v) is 6.79. The van der Waals surface area contributed by atoms with Crippen molar-refractivity contribution in [2.75, 3.05) is 29.9 Å². The third-order valence-electron chi connectivity index (χ3n) is 2.96. The molecule has 0 radical (unpaired) electrons. The van der Waals surface area contributed by atoms with Crippen LogP contribution >= 0.6 is 11.8 Å². The predicted octanol–water partition coefficient (Wildman–Crippen LogP) is 3.33. The van der Waals surface area contributed by atoms with Gasteiger partial charge in [0.2, 0.25) is 0 Å². The molecule has 0 spiro atoms. The third kappa shape index (κ3) is 2.65. The summed E-state index contributed by atoms with van der Waals surface area (Å²) in [6.45, 7) is 0.688. The Balaban J connectivity index is 1.81. The quantitative estimate of drug-likeness (QED) is 0.904. The maximum absolute atomic E-state index is 12.2. The first-order valence-electron chi connectivity index (χ1n) is 5.97. The number of fused-ring (bicyclic) bond motifs is 3. The number of benzene rings is 1. The summed E-state index contributed by atoms with van der Waals surface area (Å²) in [6.07, 6.45) is -3.23. The maximum atomic E-state index is 12.2. The molecule has 0 bridgehead atoms. The number of anilines is 2. The summed E-state index contributed by atoms with van der Waals surface area (Å²) in [5.74, 6) is 0. The minimum absolute atomic E-state index is 0.489. The lowest BCUT2D eigenvalue weighted by molar-refractivity contribution is -0.115. The van der Waals surface area contributed by atoms with E-state index in [1.807, 2.05) is 6.07 Å². The van der Waals surface area contributed by atoms with Gasteiger partial charge in [-0.2, -0.15) is 13.2 Å². The Morgan fingerprint density at radius 1 is 1.37 bits per heavy atom. The Hall–Kier alpha value is -1.37. The number of thioether (sulfide) groups is 1. The van der Waals surface area contributed by atoms with Gasteiger partial charge in [-0.05, 0) is 36.4 Å². The summed E-state index contributed by atoms with van der Waals surface area (Å²) in [4.78, 5) is 7.55. The van der Waals surface area contributed by atoms with Crippen molar-refractivity contribution in [2.45, 2.75) is 17.5 Å². The molecule has 0 aromatic heterocycles. The van der Waals surface area contributed by atoms with Crippen LogP contribution in [0.2, 0.25) is 0 Å². The standard InChI is InChI=1S/C12H12F3N3S/c13-12(14,15)7-17-8-2-3-10-9(6-8)18-5-1-4-16-11(18)19-10/h2-3,6,17H,1,4-5,7H2. The van der Waals surface area contributed by atoms with Crippen LogP contribution in [-0.2, 0) is 0 Å². The molecule has 7 heteroatoms. The molecule has 2 heterocycles. The van der Waals surface area contributed by atoms with Gasteiger partial charge < -0.3 is 10.2 Å². The highest BCUT2D eigenvalue weighted by Gasteiger charge is 2.29. The minimum atomic E-state index is -4.20. The molecule has 3 rings (SSSR count). The van der Waals surface area contributed by atoms with Gasteiger partial charge in [0.1, 0.15) is 6.54 Å². The lowest BCUT2D eigenvalue weighted by Crippen LogP contribution is -2.30. The fourth-order valence-electron chi connectivity index (χ4n) is 2.12. The van der Waals surface area contributed by atoms with Crippen molar-refractivity contribution >= 4 is 28.3 Å². The lowest BCUT2D eigenvalue weighted by Gasteiger charge is -2.23. The molecular weight excluding hydrogens is 275 g/mol. The molecule has 0 fully saturated rings. The normalized spacial score (nSPS) is 17.8. The highest BCUT2D eigenvalue weighted by Crippen LogP contribution is 2.42. The molecule has 1 aromatic carbocycles. The summed E-state index contributed by atoms with van der Waals surface area (Å²) in [5, 5.41) is 3.36. The Labute approximate surface area is 112 Å². The van der Waals surface area contributed by atoms with E-state index in [1.165, 1.54) is 0 Å². The lowest BCUT2D eigenvalue weighted by atomic mass is 10.2. The molecule has 3 nitrogen and oxygen atoms in total. The van der Waals surface area contributed by atoms with E-state index in [0.717, 1.165) is 35.3 Å². The van der Waals surface area contributed by atoms with E-state index in [4.69, 9.17) is 0 Å². The van der Waals surface area contributed by atoms with Gasteiger partial charge in [0.15, 0.2) is 5.17 Å². The van der Waals surface area contributed by atoms with Crippen LogP contribution in [0.3, 0.4) is 0 Å². The van der Waals surface area contributed by atoms with Crippen molar-refractivity contribution in [3.63, 3.8) is 0 Å². The van der Waals surface area contributed by atoms with Crippen LogP contribution < -0.4 is 10.2 Å². The highest BCUT2D eigenvalue weighted by atomic mass is 32.2. The third-order valence-corrected chi connectivity index (χ3v) is 4.06. The summed E-state index contributed by atoms with van der Waals surface area (Å²) in [5.41, 5.74) is 1.44. The Morgan fingerprint density at radius 2 is 2.21 bits per heavy atom. The van der Waals surface area contributed by atoms with E-state index in [1.54, 1.807) is 23.9 Å². The zero-order valence-electron chi connectivity index (χ0n) is 10.00. The summed E-state index contributed by atoms with van der Waals surface area (Å²) < 4.78 is 36.6. The summed E-state index contributed by atoms with van der Waals surface area (Å²) in [7, 11) is 0. The number of amidine groups is 1. The monoisotopic (exact) mass is 287 g/mol. The van der Waals surface area contributed by atoms with Gasteiger partial charge in [-0.1, -0.05) is 0 Å². The van der Waals surface area contributed by atoms with Gasteiger partial charge in [-0.25, -0.2) is 0 Å². The van der Waals surface area contributed by atoms with E-state index >= 15 is 0 Å². The first-order chi connectivity index (χ1) is 9.03. The van der Waals surface area contributed by atoms with E-state index in [-0.39, 0.29) is 0 Å². The smallest absolute Gasteiger partial charge is 0.376 e. The van der Waals surface area contributed by atoms with Crippen LogP contribution in [0.5, 0.6) is 0 Å². The zero-order valence-corrected chi connectivity index (χ0v) is 10.8. The number of halogens is 3. The predicted molar refractivity (Wildman–Crippen MR) is 71.1 cm³/mol.